The Balaban J connectivity index is 0.000000336. The van der Waals surface area contributed by atoms with E-state index in [1.807, 2.05) is 6.92 Å². The molecule has 8 nitrogen and oxygen atoms in total. The molecule has 1 unspecified atom stereocenters. The Morgan fingerprint density at radius 3 is 2.40 bits per heavy atom. The second kappa shape index (κ2) is 6.69. The number of hydrogen-bond acceptors (Lipinski definition) is 5. The third-order valence-corrected chi connectivity index (χ3v) is 1.33. The van der Waals surface area contributed by atoms with Gasteiger partial charge in [-0.3, -0.25) is 19.2 Å². The van der Waals surface area contributed by atoms with Crippen molar-refractivity contribution in [1.29, 1.82) is 0 Å². The number of nitrogens with one attached hydrogen (secondary N) is 2. The molecule has 0 aromatic heterocycles. The van der Waals surface area contributed by atoms with Crippen LogP contribution in [0, 0.1) is 0 Å². The normalized spacial score (nSPS) is 21.3. The Morgan fingerprint density at radius 2 is 2.00 bits per heavy atom. The van der Waals surface area contributed by atoms with Crippen LogP contribution in [-0.2, 0) is 19.9 Å². The minimum atomic E-state index is -4.67. The monoisotopic (exact) mass is 242 g/mol. The van der Waals surface area contributed by atoms with Crippen LogP contribution < -0.4 is 10.6 Å². The van der Waals surface area contributed by atoms with Crippen LogP contribution in [0.15, 0.2) is 0 Å². The Hall–Kier alpha value is -0.740. The van der Waals surface area contributed by atoms with E-state index in [0.717, 1.165) is 6.54 Å². The van der Waals surface area contributed by atoms with E-state index >= 15 is 0 Å². The summed E-state index contributed by atoms with van der Waals surface area (Å²) >= 11 is 0. The standard InChI is InChI=1S/C6H12N2O2.H2O4S/c1-2-10-6-5(9)7-3-4-8-6;1-5(2,3)4/h6,8H,2-4H2,1H3,(H,7,9);(H2,1,2,3,4). The van der Waals surface area contributed by atoms with Gasteiger partial charge in [-0.05, 0) is 6.92 Å². The molecule has 1 fully saturated rings. The Labute approximate surface area is 87.6 Å². The summed E-state index contributed by atoms with van der Waals surface area (Å²) in [5.41, 5.74) is 0. The average molecular weight is 242 g/mol. The first-order chi connectivity index (χ1) is 6.84. The molecule has 4 N–H and O–H groups in total. The van der Waals surface area contributed by atoms with Crippen LogP contribution in [0.3, 0.4) is 0 Å². The number of amides is 1. The van der Waals surface area contributed by atoms with Crippen molar-refractivity contribution in [1.82, 2.24) is 10.6 Å². The van der Waals surface area contributed by atoms with Crippen molar-refractivity contribution in [2.24, 2.45) is 0 Å². The van der Waals surface area contributed by atoms with Gasteiger partial charge in [0.15, 0.2) is 6.23 Å². The van der Waals surface area contributed by atoms with Gasteiger partial charge in [0.1, 0.15) is 0 Å². The minimum Gasteiger partial charge on any atom is -0.354 e. The molecule has 1 amide bonds. The molecule has 90 valence electrons. The topological polar surface area (TPSA) is 125 Å². The predicted octanol–water partition coefficient (Wildman–Crippen LogP) is -1.58. The molecule has 1 heterocycles. The van der Waals surface area contributed by atoms with Gasteiger partial charge < -0.3 is 10.1 Å². The van der Waals surface area contributed by atoms with E-state index in [9.17, 15) is 4.79 Å². The van der Waals surface area contributed by atoms with Crippen molar-refractivity contribution >= 4 is 16.3 Å². The molecule has 1 aliphatic rings. The molecule has 0 bridgehead atoms. The Morgan fingerprint density at radius 1 is 1.47 bits per heavy atom. The van der Waals surface area contributed by atoms with Crippen LogP contribution in [0.2, 0.25) is 0 Å². The van der Waals surface area contributed by atoms with Crippen LogP contribution in [0.5, 0.6) is 0 Å². The Kier molecular flexibility index (Phi) is 6.36. The van der Waals surface area contributed by atoms with E-state index in [2.05, 4.69) is 10.6 Å². The highest BCUT2D eigenvalue weighted by Crippen LogP contribution is 1.90. The van der Waals surface area contributed by atoms with Gasteiger partial charge in [-0.15, -0.1) is 0 Å². The molecule has 0 aromatic carbocycles. The van der Waals surface area contributed by atoms with Gasteiger partial charge in [-0.2, -0.15) is 8.42 Å². The molecule has 0 saturated carbocycles. The fourth-order valence-electron chi connectivity index (χ4n) is 0.876. The molecule has 9 heteroatoms. The van der Waals surface area contributed by atoms with E-state index in [0.29, 0.717) is 13.2 Å². The van der Waals surface area contributed by atoms with Crippen molar-refractivity contribution in [3.05, 3.63) is 0 Å². The summed E-state index contributed by atoms with van der Waals surface area (Å²) in [7, 11) is -4.67. The molecule has 0 aromatic rings. The average Bonchev–Trinajstić information content (AvgIpc) is 2.06. The molecule has 0 spiro atoms. The van der Waals surface area contributed by atoms with Gasteiger partial charge in [0.05, 0.1) is 0 Å². The summed E-state index contributed by atoms with van der Waals surface area (Å²) in [5, 5.41) is 5.63. The minimum absolute atomic E-state index is 0.0619. The van der Waals surface area contributed by atoms with Gasteiger partial charge >= 0.3 is 10.4 Å². The fraction of sp³-hybridized carbons (Fsp3) is 0.833. The van der Waals surface area contributed by atoms with E-state index in [1.165, 1.54) is 0 Å². The zero-order valence-corrected chi connectivity index (χ0v) is 8.95. The maximum absolute atomic E-state index is 10.9. The van der Waals surface area contributed by atoms with Crippen molar-refractivity contribution < 1.29 is 27.1 Å². The number of piperazine rings is 1. The van der Waals surface area contributed by atoms with Gasteiger partial charge in [-0.25, -0.2) is 0 Å². The zero-order chi connectivity index (χ0) is 11.9. The summed E-state index contributed by atoms with van der Waals surface area (Å²) in [4.78, 5) is 10.9. The van der Waals surface area contributed by atoms with E-state index in [-0.39, 0.29) is 5.91 Å². The molecule has 1 aliphatic heterocycles. The van der Waals surface area contributed by atoms with Crippen molar-refractivity contribution in [2.75, 3.05) is 19.7 Å². The number of rotatable bonds is 2. The lowest BCUT2D eigenvalue weighted by molar-refractivity contribution is -0.136. The van der Waals surface area contributed by atoms with Gasteiger partial charge in [0, 0.05) is 19.7 Å². The molecule has 1 atom stereocenters. The summed E-state index contributed by atoms with van der Waals surface area (Å²) in [6, 6.07) is 0. The van der Waals surface area contributed by atoms with Crippen LogP contribution in [-0.4, -0.2) is 49.4 Å². The highest BCUT2D eigenvalue weighted by atomic mass is 32.3. The SMILES string of the molecule is CCOC1NCCNC1=O.O=S(=O)(O)O. The number of hydrogen-bond donors (Lipinski definition) is 4. The van der Waals surface area contributed by atoms with Crippen LogP contribution in [0.1, 0.15) is 6.92 Å². The van der Waals surface area contributed by atoms with E-state index in [1.54, 1.807) is 0 Å². The van der Waals surface area contributed by atoms with Gasteiger partial charge in [-0.1, -0.05) is 0 Å². The second-order valence-electron chi connectivity index (χ2n) is 2.53. The molecule has 15 heavy (non-hydrogen) atoms. The second-order valence-corrected chi connectivity index (χ2v) is 3.42. The molecule has 1 rings (SSSR count). The van der Waals surface area contributed by atoms with Crippen molar-refractivity contribution in [3.63, 3.8) is 0 Å². The molecule has 0 radical (unpaired) electrons. The van der Waals surface area contributed by atoms with E-state index in [4.69, 9.17) is 22.3 Å². The highest BCUT2D eigenvalue weighted by molar-refractivity contribution is 7.79. The lowest BCUT2D eigenvalue weighted by Gasteiger charge is -2.22. The summed E-state index contributed by atoms with van der Waals surface area (Å²) in [6.07, 6.45) is -0.432. The van der Waals surface area contributed by atoms with Crippen LogP contribution in [0.4, 0.5) is 0 Å². The molecular weight excluding hydrogens is 228 g/mol. The van der Waals surface area contributed by atoms with Gasteiger partial charge in [0.25, 0.3) is 5.91 Å². The number of ether oxygens (including phenoxy) is 1. The maximum atomic E-state index is 10.9. The quantitative estimate of drug-likeness (QED) is 0.430. The largest absolute Gasteiger partial charge is 0.394 e. The lowest BCUT2D eigenvalue weighted by atomic mass is 10.4. The summed E-state index contributed by atoms with van der Waals surface area (Å²) in [6.45, 7) is 3.91. The van der Waals surface area contributed by atoms with Crippen LogP contribution in [0.25, 0.3) is 0 Å². The number of carbonyl (C=O) groups is 1. The number of carbonyl (C=O) groups excluding carboxylic acids is 1. The first-order valence-corrected chi connectivity index (χ1v) is 5.57. The van der Waals surface area contributed by atoms with E-state index < -0.39 is 16.6 Å². The maximum Gasteiger partial charge on any atom is 0.394 e. The molecule has 0 aliphatic carbocycles. The summed E-state index contributed by atoms with van der Waals surface area (Å²) < 4.78 is 36.7. The van der Waals surface area contributed by atoms with Crippen molar-refractivity contribution in [2.45, 2.75) is 13.2 Å². The molecule has 1 saturated heterocycles. The van der Waals surface area contributed by atoms with Gasteiger partial charge in [0.2, 0.25) is 0 Å². The third-order valence-electron chi connectivity index (χ3n) is 1.33. The zero-order valence-electron chi connectivity index (χ0n) is 8.13. The predicted molar refractivity (Wildman–Crippen MR) is 50.6 cm³/mol. The van der Waals surface area contributed by atoms with Crippen LogP contribution >= 0.6 is 0 Å². The first kappa shape index (κ1) is 14.3. The van der Waals surface area contributed by atoms with Crippen molar-refractivity contribution in [3.8, 4) is 0 Å². The first-order valence-electron chi connectivity index (χ1n) is 4.17. The highest BCUT2D eigenvalue weighted by Gasteiger charge is 2.20. The molecular formula is C6H14N2O6S. The smallest absolute Gasteiger partial charge is 0.354 e. The summed E-state index contributed by atoms with van der Waals surface area (Å²) in [5.74, 6) is -0.0619. The third kappa shape index (κ3) is 9.56. The fourth-order valence-corrected chi connectivity index (χ4v) is 0.876. The lowest BCUT2D eigenvalue weighted by Crippen LogP contribution is -2.54. The Bertz CT molecular complexity index is 280.